The van der Waals surface area contributed by atoms with Crippen LogP contribution < -0.4 is 5.32 Å². The van der Waals surface area contributed by atoms with Crippen molar-refractivity contribution in [1.29, 1.82) is 0 Å². The normalized spacial score (nSPS) is 11.5. The molecule has 31 heavy (non-hydrogen) atoms. The van der Waals surface area contributed by atoms with Gasteiger partial charge >= 0.3 is 6.18 Å². The van der Waals surface area contributed by atoms with E-state index in [0.717, 1.165) is 17.7 Å². The fourth-order valence-electron chi connectivity index (χ4n) is 2.99. The van der Waals surface area contributed by atoms with Crippen molar-refractivity contribution in [3.8, 4) is 22.6 Å². The summed E-state index contributed by atoms with van der Waals surface area (Å²) in [5.74, 6) is 0.617. The minimum Gasteiger partial charge on any atom is -0.459 e. The summed E-state index contributed by atoms with van der Waals surface area (Å²) in [5, 5.41) is 11.7. The Bertz CT molecular complexity index is 1210. The van der Waals surface area contributed by atoms with Gasteiger partial charge in [-0.15, -0.1) is 0 Å². The number of nitrogens with one attached hydrogen (secondary N) is 1. The second-order valence-electron chi connectivity index (χ2n) is 6.70. The molecule has 0 radical (unpaired) electrons. The molecule has 0 saturated carbocycles. The first-order valence-electron chi connectivity index (χ1n) is 9.22. The number of benzene rings is 2. The maximum Gasteiger partial charge on any atom is 0.416 e. The molecule has 0 bridgehead atoms. The number of aliphatic hydroxyl groups is 1. The number of halogens is 3. The fraction of sp³-hybridized carbons (Fsp3) is 0.0870. The molecule has 2 N–H and O–H groups in total. The average molecular weight is 427 g/mol. The summed E-state index contributed by atoms with van der Waals surface area (Å²) in [5.41, 5.74) is 0.691. The van der Waals surface area contributed by atoms with Crippen LogP contribution in [0.25, 0.3) is 22.6 Å². The van der Waals surface area contributed by atoms with Crippen molar-refractivity contribution in [1.82, 2.24) is 0 Å². The molecule has 0 saturated heterocycles. The number of hydrogen-bond acceptors (Lipinski definition) is 4. The summed E-state index contributed by atoms with van der Waals surface area (Å²) in [6.45, 7) is -0.195. The molecule has 0 spiro atoms. The van der Waals surface area contributed by atoms with Crippen molar-refractivity contribution in [2.24, 2.45) is 0 Å². The zero-order valence-corrected chi connectivity index (χ0v) is 15.9. The van der Waals surface area contributed by atoms with Crippen LogP contribution in [0.4, 0.5) is 18.9 Å². The summed E-state index contributed by atoms with van der Waals surface area (Å²) >= 11 is 0. The molecular weight excluding hydrogens is 411 g/mol. The summed E-state index contributed by atoms with van der Waals surface area (Å²) in [7, 11) is 0. The highest BCUT2D eigenvalue weighted by Gasteiger charge is 2.30. The highest BCUT2D eigenvalue weighted by atomic mass is 19.4. The number of rotatable bonds is 5. The Balaban J connectivity index is 1.47. The highest BCUT2D eigenvalue weighted by Crippen LogP contribution is 2.33. The van der Waals surface area contributed by atoms with E-state index in [4.69, 9.17) is 13.9 Å². The Kier molecular flexibility index (Phi) is 5.39. The number of aliphatic hydroxyl groups excluding tert-OH is 1. The molecule has 0 aliphatic heterocycles. The van der Waals surface area contributed by atoms with E-state index in [-0.39, 0.29) is 23.7 Å². The topological polar surface area (TPSA) is 75.6 Å². The summed E-state index contributed by atoms with van der Waals surface area (Å²) in [4.78, 5) is 12.5. The summed E-state index contributed by atoms with van der Waals surface area (Å²) in [6.07, 6.45) is -4.47. The predicted octanol–water partition coefficient (Wildman–Crippen LogP) is 5.97. The lowest BCUT2D eigenvalue weighted by Crippen LogP contribution is -2.10. The van der Waals surface area contributed by atoms with Crippen molar-refractivity contribution >= 4 is 11.6 Å². The highest BCUT2D eigenvalue weighted by molar-refractivity contribution is 6.02. The van der Waals surface area contributed by atoms with Crippen LogP contribution in [0.1, 0.15) is 21.9 Å². The van der Waals surface area contributed by atoms with Gasteiger partial charge in [0.1, 0.15) is 23.9 Å². The van der Waals surface area contributed by atoms with Crippen LogP contribution in [-0.4, -0.2) is 11.0 Å². The van der Waals surface area contributed by atoms with E-state index >= 15 is 0 Å². The third kappa shape index (κ3) is 4.54. The Morgan fingerprint density at radius 2 is 1.58 bits per heavy atom. The van der Waals surface area contributed by atoms with Gasteiger partial charge in [0.05, 0.1) is 5.56 Å². The minimum absolute atomic E-state index is 0.0323. The number of amides is 1. The molecular formula is C23H16F3NO4. The van der Waals surface area contributed by atoms with Crippen LogP contribution in [-0.2, 0) is 12.8 Å². The zero-order chi connectivity index (χ0) is 22.0. The maximum absolute atomic E-state index is 12.9. The van der Waals surface area contributed by atoms with Gasteiger partial charge in [-0.25, -0.2) is 0 Å². The lowest BCUT2D eigenvalue weighted by atomic mass is 10.1. The fourth-order valence-corrected chi connectivity index (χ4v) is 2.99. The molecule has 0 aliphatic carbocycles. The van der Waals surface area contributed by atoms with Crippen LogP contribution in [0.15, 0.2) is 81.6 Å². The lowest BCUT2D eigenvalue weighted by Gasteiger charge is -2.07. The van der Waals surface area contributed by atoms with Crippen LogP contribution >= 0.6 is 0 Å². The van der Waals surface area contributed by atoms with Crippen LogP contribution in [0.2, 0.25) is 0 Å². The molecule has 0 unspecified atom stereocenters. The van der Waals surface area contributed by atoms with E-state index < -0.39 is 17.6 Å². The van der Waals surface area contributed by atoms with Crippen LogP contribution in [0.3, 0.4) is 0 Å². The van der Waals surface area contributed by atoms with E-state index in [1.165, 1.54) is 24.3 Å². The van der Waals surface area contributed by atoms with Crippen molar-refractivity contribution in [3.63, 3.8) is 0 Å². The van der Waals surface area contributed by atoms with Gasteiger partial charge in [0.2, 0.25) is 0 Å². The monoisotopic (exact) mass is 427 g/mol. The SMILES string of the molecule is O=C(Nc1ccc(-c2ccc(CO)o2)cc1)c1ccc(-c2cccc(C(F)(F)F)c2)o1. The number of carbonyl (C=O) groups excluding carboxylic acids is 1. The van der Waals surface area contributed by atoms with Gasteiger partial charge in [0.25, 0.3) is 5.91 Å². The standard InChI is InChI=1S/C23H16F3NO4/c24-23(25,26)16-3-1-2-15(12-16)20-10-11-21(31-20)22(29)27-17-6-4-14(5-7-17)19-9-8-18(13-28)30-19/h1-12,28H,13H2,(H,27,29). The molecule has 2 aromatic heterocycles. The van der Waals surface area contributed by atoms with E-state index in [1.807, 2.05) is 0 Å². The Morgan fingerprint density at radius 1 is 0.871 bits per heavy atom. The third-order valence-corrected chi connectivity index (χ3v) is 4.55. The summed E-state index contributed by atoms with van der Waals surface area (Å²) in [6, 6.07) is 17.8. The largest absolute Gasteiger partial charge is 0.459 e. The van der Waals surface area contributed by atoms with Gasteiger partial charge in [-0.2, -0.15) is 13.2 Å². The number of hydrogen-bond donors (Lipinski definition) is 2. The Hall–Kier alpha value is -3.78. The first-order chi connectivity index (χ1) is 14.8. The van der Waals surface area contributed by atoms with Crippen molar-refractivity contribution < 1.29 is 31.9 Å². The molecule has 2 heterocycles. The number of alkyl halides is 3. The number of furan rings is 2. The number of anilines is 1. The van der Waals surface area contributed by atoms with Gasteiger partial charge in [-0.3, -0.25) is 4.79 Å². The van der Waals surface area contributed by atoms with E-state index in [1.54, 1.807) is 36.4 Å². The third-order valence-electron chi connectivity index (χ3n) is 4.55. The number of carbonyl (C=O) groups is 1. The van der Waals surface area contributed by atoms with Crippen molar-refractivity contribution in [2.75, 3.05) is 5.32 Å². The van der Waals surface area contributed by atoms with Crippen LogP contribution in [0.5, 0.6) is 0 Å². The minimum atomic E-state index is -4.47. The van der Waals surface area contributed by atoms with Crippen LogP contribution in [0, 0.1) is 0 Å². The molecule has 8 heteroatoms. The Labute approximate surface area is 174 Å². The van der Waals surface area contributed by atoms with Gasteiger partial charge in [-0.1, -0.05) is 12.1 Å². The molecule has 0 aliphatic rings. The molecule has 2 aromatic carbocycles. The molecule has 0 atom stereocenters. The van der Waals surface area contributed by atoms with E-state index in [2.05, 4.69) is 5.32 Å². The second-order valence-corrected chi connectivity index (χ2v) is 6.70. The first-order valence-corrected chi connectivity index (χ1v) is 9.22. The predicted molar refractivity (Wildman–Crippen MR) is 107 cm³/mol. The average Bonchev–Trinajstić information content (AvgIpc) is 3.44. The van der Waals surface area contributed by atoms with E-state index in [0.29, 0.717) is 17.2 Å². The van der Waals surface area contributed by atoms with Gasteiger partial charge < -0.3 is 19.3 Å². The Morgan fingerprint density at radius 3 is 2.26 bits per heavy atom. The molecule has 5 nitrogen and oxygen atoms in total. The molecule has 4 rings (SSSR count). The van der Waals surface area contributed by atoms with E-state index in [9.17, 15) is 18.0 Å². The molecule has 1 amide bonds. The maximum atomic E-state index is 12.9. The molecule has 4 aromatic rings. The first kappa shape index (κ1) is 20.5. The van der Waals surface area contributed by atoms with Gasteiger partial charge in [0.15, 0.2) is 5.76 Å². The lowest BCUT2D eigenvalue weighted by molar-refractivity contribution is -0.137. The zero-order valence-electron chi connectivity index (χ0n) is 15.9. The van der Waals surface area contributed by atoms with Crippen molar-refractivity contribution in [3.05, 3.63) is 89.9 Å². The second kappa shape index (κ2) is 8.16. The van der Waals surface area contributed by atoms with Gasteiger partial charge in [0, 0.05) is 16.8 Å². The molecule has 158 valence electrons. The summed E-state index contributed by atoms with van der Waals surface area (Å²) < 4.78 is 49.6. The van der Waals surface area contributed by atoms with Gasteiger partial charge in [-0.05, 0) is 60.7 Å². The quantitative estimate of drug-likeness (QED) is 0.411. The van der Waals surface area contributed by atoms with Crippen molar-refractivity contribution in [2.45, 2.75) is 12.8 Å². The molecule has 0 fully saturated rings. The smallest absolute Gasteiger partial charge is 0.416 e.